The van der Waals surface area contributed by atoms with Crippen molar-refractivity contribution >= 4 is 27.3 Å². The van der Waals surface area contributed by atoms with E-state index in [1.54, 1.807) is 16.7 Å². The first-order valence-corrected chi connectivity index (χ1v) is 14.8. The Labute approximate surface area is 249 Å². The van der Waals surface area contributed by atoms with Gasteiger partial charge in [0, 0.05) is 16.0 Å². The van der Waals surface area contributed by atoms with Gasteiger partial charge in [0.1, 0.15) is 4.83 Å². The van der Waals surface area contributed by atoms with E-state index in [2.05, 4.69) is 10.1 Å². The lowest BCUT2D eigenvalue weighted by molar-refractivity contribution is 0.0969. The quantitative estimate of drug-likeness (QED) is 0.228. The molecule has 0 aliphatic rings. The number of fused-ring (bicyclic) bond motifs is 1. The largest absolute Gasteiger partial charge is 0.439 e. The van der Waals surface area contributed by atoms with E-state index >= 15 is 0 Å². The zero-order valence-corrected chi connectivity index (χ0v) is 24.4. The number of benzene rings is 3. The second kappa shape index (κ2) is 11.7. The molecule has 43 heavy (non-hydrogen) atoms. The van der Waals surface area contributed by atoms with Crippen LogP contribution in [0.15, 0.2) is 97.8 Å². The molecule has 216 valence electrons. The SMILES string of the molecule is CCc1ccc(C(=O)Cn2c(=O)c3cc(CC)sc3n(Cc3ccc(-c4ccccc4-c4noc(=O)[nH]4)cc3)c2=O)cc1. The standard InChI is InChI=1S/C33H28N4O5S/c1-3-20-9-15-23(16-10-20)28(38)19-36-30(39)27-17-24(4-2)43-31(27)37(33(36)41)18-21-11-13-22(14-12-21)25-7-5-6-8-26(25)29-34-32(40)42-35-29/h5-17H,3-4,18-19H2,1-2H3,(H,34,35,40). The van der Waals surface area contributed by atoms with Gasteiger partial charge in [0.25, 0.3) is 5.56 Å². The minimum atomic E-state index is -0.630. The third-order valence-electron chi connectivity index (χ3n) is 7.51. The van der Waals surface area contributed by atoms with Crippen LogP contribution < -0.4 is 17.0 Å². The topological polar surface area (TPSA) is 120 Å². The van der Waals surface area contributed by atoms with Gasteiger partial charge in [-0.3, -0.25) is 28.2 Å². The number of aromatic nitrogens is 4. The first-order valence-electron chi connectivity index (χ1n) is 14.0. The van der Waals surface area contributed by atoms with Crippen LogP contribution in [0, 0.1) is 0 Å². The highest BCUT2D eigenvalue weighted by molar-refractivity contribution is 7.18. The highest BCUT2D eigenvalue weighted by atomic mass is 32.1. The van der Waals surface area contributed by atoms with Crippen LogP contribution in [0.2, 0.25) is 0 Å². The van der Waals surface area contributed by atoms with Gasteiger partial charge in [0.05, 0.1) is 18.5 Å². The Balaban J connectivity index is 1.36. The first kappa shape index (κ1) is 28.0. The van der Waals surface area contributed by atoms with Gasteiger partial charge >= 0.3 is 11.4 Å². The third kappa shape index (κ3) is 5.44. The maximum absolute atomic E-state index is 13.8. The lowest BCUT2D eigenvalue weighted by atomic mass is 9.98. The number of H-pyrrole nitrogens is 1. The van der Waals surface area contributed by atoms with Gasteiger partial charge in [0.15, 0.2) is 11.6 Å². The van der Waals surface area contributed by atoms with Gasteiger partial charge < -0.3 is 0 Å². The van der Waals surface area contributed by atoms with Crippen LogP contribution >= 0.6 is 11.3 Å². The summed E-state index contributed by atoms with van der Waals surface area (Å²) in [6.45, 7) is 3.92. The fourth-order valence-corrected chi connectivity index (χ4v) is 6.20. The highest BCUT2D eigenvalue weighted by Gasteiger charge is 2.19. The summed E-state index contributed by atoms with van der Waals surface area (Å²) in [6, 6.07) is 24.3. The maximum Gasteiger partial charge on any atom is 0.439 e. The minimum Gasteiger partial charge on any atom is -0.296 e. The molecule has 0 bridgehead atoms. The molecule has 6 rings (SSSR count). The summed E-state index contributed by atoms with van der Waals surface area (Å²) in [4.78, 5) is 56.1. The predicted molar refractivity (Wildman–Crippen MR) is 167 cm³/mol. The number of carbonyl (C=O) groups excluding carboxylic acids is 1. The summed E-state index contributed by atoms with van der Waals surface area (Å²) in [5.41, 5.74) is 3.88. The average Bonchev–Trinajstić information content (AvgIpc) is 3.68. The average molecular weight is 593 g/mol. The summed E-state index contributed by atoms with van der Waals surface area (Å²) in [7, 11) is 0. The number of rotatable bonds is 9. The van der Waals surface area contributed by atoms with Crippen LogP contribution in [0.25, 0.3) is 32.7 Å². The van der Waals surface area contributed by atoms with E-state index in [4.69, 9.17) is 4.52 Å². The van der Waals surface area contributed by atoms with E-state index in [-0.39, 0.29) is 18.9 Å². The second-order valence-corrected chi connectivity index (χ2v) is 11.3. The molecule has 0 saturated heterocycles. The van der Waals surface area contributed by atoms with Crippen molar-refractivity contribution in [2.24, 2.45) is 0 Å². The molecule has 3 heterocycles. The number of aryl methyl sites for hydroxylation is 2. The summed E-state index contributed by atoms with van der Waals surface area (Å²) in [6.07, 6.45) is 1.57. The number of ketones is 1. The zero-order valence-electron chi connectivity index (χ0n) is 23.6. The van der Waals surface area contributed by atoms with Crippen LogP contribution in [-0.4, -0.2) is 25.1 Å². The van der Waals surface area contributed by atoms with Crippen molar-refractivity contribution in [1.82, 2.24) is 19.3 Å². The summed E-state index contributed by atoms with van der Waals surface area (Å²) < 4.78 is 7.32. The molecule has 0 unspecified atom stereocenters. The highest BCUT2D eigenvalue weighted by Crippen LogP contribution is 2.30. The summed E-state index contributed by atoms with van der Waals surface area (Å²) >= 11 is 1.42. The molecule has 0 aliphatic heterocycles. The van der Waals surface area contributed by atoms with Crippen molar-refractivity contribution in [3.63, 3.8) is 0 Å². The van der Waals surface area contributed by atoms with Crippen molar-refractivity contribution < 1.29 is 9.32 Å². The second-order valence-electron chi connectivity index (χ2n) is 10.2. The van der Waals surface area contributed by atoms with Crippen LogP contribution in [-0.2, 0) is 25.9 Å². The first-order chi connectivity index (χ1) is 20.9. The van der Waals surface area contributed by atoms with Crippen LogP contribution in [0.3, 0.4) is 0 Å². The molecule has 0 amide bonds. The molecule has 10 heteroatoms. The van der Waals surface area contributed by atoms with Crippen molar-refractivity contribution in [3.05, 3.63) is 132 Å². The van der Waals surface area contributed by atoms with Crippen molar-refractivity contribution in [2.75, 3.05) is 0 Å². The van der Waals surface area contributed by atoms with E-state index in [1.165, 1.54) is 11.3 Å². The molecular weight excluding hydrogens is 564 g/mol. The molecule has 0 radical (unpaired) electrons. The Hall–Kier alpha value is -5.09. The number of nitrogens with zero attached hydrogens (tertiary/aromatic N) is 3. The van der Waals surface area contributed by atoms with Crippen molar-refractivity contribution in [1.29, 1.82) is 0 Å². The lowest BCUT2D eigenvalue weighted by Crippen LogP contribution is -2.41. The Bertz CT molecular complexity index is 2130. The summed E-state index contributed by atoms with van der Waals surface area (Å²) in [5, 5.41) is 4.26. The maximum atomic E-state index is 13.8. The van der Waals surface area contributed by atoms with Crippen LogP contribution in [0.5, 0.6) is 0 Å². The van der Waals surface area contributed by atoms with Gasteiger partial charge in [-0.05, 0) is 41.2 Å². The van der Waals surface area contributed by atoms with Crippen LogP contribution in [0.4, 0.5) is 0 Å². The Kier molecular flexibility index (Phi) is 7.60. The third-order valence-corrected chi connectivity index (χ3v) is 8.81. The number of carbonyl (C=O) groups is 1. The molecule has 6 aromatic rings. The Morgan fingerprint density at radius 3 is 2.21 bits per heavy atom. The Morgan fingerprint density at radius 1 is 0.860 bits per heavy atom. The predicted octanol–water partition coefficient (Wildman–Crippen LogP) is 5.29. The van der Waals surface area contributed by atoms with E-state index in [0.717, 1.165) is 44.5 Å². The van der Waals surface area contributed by atoms with Gasteiger partial charge in [0.2, 0.25) is 0 Å². The fraction of sp³-hybridized carbons (Fsp3) is 0.182. The smallest absolute Gasteiger partial charge is 0.296 e. The number of aromatic amines is 1. The number of hydrogen-bond donors (Lipinski definition) is 1. The van der Waals surface area contributed by atoms with Gasteiger partial charge in [-0.2, -0.15) is 0 Å². The number of thiophene rings is 1. The number of nitrogens with one attached hydrogen (secondary N) is 1. The van der Waals surface area contributed by atoms with Crippen molar-refractivity contribution in [2.45, 2.75) is 39.8 Å². The molecule has 3 aromatic heterocycles. The molecular formula is C33H28N4O5S. The molecule has 0 saturated carbocycles. The van der Waals surface area contributed by atoms with Gasteiger partial charge in [-0.15, -0.1) is 11.3 Å². The van der Waals surface area contributed by atoms with Crippen molar-refractivity contribution in [3.8, 4) is 22.5 Å². The van der Waals surface area contributed by atoms with E-state index < -0.39 is 17.0 Å². The van der Waals surface area contributed by atoms with Crippen LogP contribution in [0.1, 0.15) is 40.2 Å². The normalized spacial score (nSPS) is 11.3. The van der Waals surface area contributed by atoms with Gasteiger partial charge in [-0.1, -0.05) is 91.8 Å². The molecule has 0 fully saturated rings. The number of Topliss-reactive ketones (excluding diaryl/α,β-unsaturated/α-hetero) is 1. The van der Waals surface area contributed by atoms with E-state index in [1.807, 2.05) is 80.6 Å². The Morgan fingerprint density at radius 2 is 1.56 bits per heavy atom. The van der Waals surface area contributed by atoms with Gasteiger partial charge in [-0.25, -0.2) is 9.59 Å². The van der Waals surface area contributed by atoms with E-state index in [9.17, 15) is 19.2 Å². The molecule has 0 atom stereocenters. The van der Waals surface area contributed by atoms with E-state index in [0.29, 0.717) is 27.2 Å². The molecule has 0 aliphatic carbocycles. The molecule has 9 nitrogen and oxygen atoms in total. The molecule has 1 N–H and O–H groups in total. The molecule has 3 aromatic carbocycles. The zero-order chi connectivity index (χ0) is 30.1. The fourth-order valence-electron chi connectivity index (χ4n) is 5.12. The summed E-state index contributed by atoms with van der Waals surface area (Å²) in [5.74, 6) is -0.592. The monoisotopic (exact) mass is 592 g/mol. The lowest BCUT2D eigenvalue weighted by Gasteiger charge is -2.13. The molecule has 0 spiro atoms. The minimum absolute atomic E-state index is 0.219. The number of hydrogen-bond acceptors (Lipinski definition) is 7.